The zero-order valence-electron chi connectivity index (χ0n) is 16.4. The minimum atomic E-state index is -0.972. The highest BCUT2D eigenvalue weighted by Gasteiger charge is 2.21. The van der Waals surface area contributed by atoms with Crippen LogP contribution in [0.15, 0.2) is 79.0 Å². The topological polar surface area (TPSA) is 44.1 Å². The first-order valence-corrected chi connectivity index (χ1v) is 9.50. The fraction of sp³-hybridized carbons (Fsp3) is 0.0833. The molecule has 0 aliphatic carbocycles. The molecule has 0 N–H and O–H groups in total. The average molecular weight is 422 g/mol. The van der Waals surface area contributed by atoms with Gasteiger partial charge in [-0.3, -0.25) is 4.79 Å². The second kappa shape index (κ2) is 8.47. The van der Waals surface area contributed by atoms with E-state index in [1.54, 1.807) is 19.1 Å². The van der Waals surface area contributed by atoms with Crippen molar-refractivity contribution in [2.24, 2.45) is 0 Å². The van der Waals surface area contributed by atoms with Gasteiger partial charge in [0.15, 0.2) is 0 Å². The molecule has 0 amide bonds. The van der Waals surface area contributed by atoms with Crippen molar-refractivity contribution in [2.45, 2.75) is 13.0 Å². The summed E-state index contributed by atoms with van der Waals surface area (Å²) in [6.07, 6.45) is 0.657. The predicted octanol–water partition coefficient (Wildman–Crippen LogP) is 5.80. The van der Waals surface area contributed by atoms with E-state index in [2.05, 4.69) is 5.10 Å². The first-order chi connectivity index (χ1) is 14.9. The first kappa shape index (κ1) is 20.4. The van der Waals surface area contributed by atoms with Crippen molar-refractivity contribution in [1.29, 1.82) is 0 Å². The summed E-state index contributed by atoms with van der Waals surface area (Å²) in [7, 11) is 0. The SMILES string of the molecule is C[C@H](Oc1ccc(-c2ccccc2)c(F)c1)c1ccn(C(=O)c2c(F)cccc2F)n1. The lowest BCUT2D eigenvalue weighted by atomic mass is 10.1. The smallest absolute Gasteiger partial charge is 0.284 e. The average Bonchev–Trinajstić information content (AvgIpc) is 3.25. The molecule has 0 fully saturated rings. The largest absolute Gasteiger partial charge is 0.484 e. The number of carbonyl (C=O) groups excluding carboxylic acids is 1. The van der Waals surface area contributed by atoms with Crippen molar-refractivity contribution in [3.8, 4) is 16.9 Å². The van der Waals surface area contributed by atoms with Gasteiger partial charge in [-0.05, 0) is 42.8 Å². The number of hydrogen-bond acceptors (Lipinski definition) is 3. The first-order valence-electron chi connectivity index (χ1n) is 9.50. The van der Waals surface area contributed by atoms with Gasteiger partial charge in [0.25, 0.3) is 5.91 Å². The lowest BCUT2D eigenvalue weighted by molar-refractivity contribution is 0.0934. The van der Waals surface area contributed by atoms with Crippen LogP contribution in [0, 0.1) is 17.5 Å². The molecule has 3 aromatic carbocycles. The van der Waals surface area contributed by atoms with E-state index < -0.39 is 35.0 Å². The van der Waals surface area contributed by atoms with Crippen LogP contribution in [0.1, 0.15) is 29.1 Å². The molecule has 0 radical (unpaired) electrons. The molecule has 0 unspecified atom stereocenters. The highest BCUT2D eigenvalue weighted by atomic mass is 19.1. The van der Waals surface area contributed by atoms with Gasteiger partial charge in [0.2, 0.25) is 0 Å². The lowest BCUT2D eigenvalue weighted by Gasteiger charge is -2.14. The third kappa shape index (κ3) is 4.21. The Hall–Kier alpha value is -3.87. The van der Waals surface area contributed by atoms with Crippen LogP contribution in [0.2, 0.25) is 0 Å². The van der Waals surface area contributed by atoms with Crippen LogP contribution in [-0.4, -0.2) is 15.7 Å². The zero-order valence-corrected chi connectivity index (χ0v) is 16.4. The van der Waals surface area contributed by atoms with Crippen LogP contribution < -0.4 is 4.74 Å². The molecule has 156 valence electrons. The second-order valence-corrected chi connectivity index (χ2v) is 6.85. The summed E-state index contributed by atoms with van der Waals surface area (Å²) in [5.41, 5.74) is 0.849. The summed E-state index contributed by atoms with van der Waals surface area (Å²) in [6, 6.07) is 18.3. The van der Waals surface area contributed by atoms with Crippen LogP contribution in [0.25, 0.3) is 11.1 Å². The maximum Gasteiger partial charge on any atom is 0.284 e. The Bertz CT molecular complexity index is 1220. The van der Waals surface area contributed by atoms with Crippen LogP contribution in [-0.2, 0) is 0 Å². The van der Waals surface area contributed by atoms with E-state index >= 15 is 0 Å². The van der Waals surface area contributed by atoms with Crippen LogP contribution >= 0.6 is 0 Å². The molecule has 0 bridgehead atoms. The van der Waals surface area contributed by atoms with E-state index in [1.807, 2.05) is 30.3 Å². The summed E-state index contributed by atoms with van der Waals surface area (Å²) >= 11 is 0. The molecule has 4 aromatic rings. The molecule has 7 heteroatoms. The predicted molar refractivity (Wildman–Crippen MR) is 109 cm³/mol. The molecule has 4 rings (SSSR count). The maximum absolute atomic E-state index is 14.5. The molecule has 0 saturated heterocycles. The molecule has 0 aliphatic heterocycles. The third-order valence-corrected chi connectivity index (χ3v) is 4.75. The highest BCUT2D eigenvalue weighted by Crippen LogP contribution is 2.28. The Labute approximate surface area is 176 Å². The molecule has 0 aliphatic rings. The number of rotatable bonds is 5. The second-order valence-electron chi connectivity index (χ2n) is 6.85. The van der Waals surface area contributed by atoms with E-state index in [4.69, 9.17) is 4.74 Å². The standard InChI is InChI=1S/C24H17F3N2O2/c1-15(31-17-10-11-18(21(27)14-17)16-6-3-2-4-7-16)22-12-13-29(28-22)24(30)23-19(25)8-5-9-20(23)26/h2-15H,1H3/t15-/m0/s1. The number of ether oxygens (including phenoxy) is 1. The number of nitrogens with zero attached hydrogens (tertiary/aromatic N) is 2. The Morgan fingerprint density at radius 1 is 0.903 bits per heavy atom. The molecular formula is C24H17F3N2O2. The molecule has 1 heterocycles. The molecule has 1 aromatic heterocycles. The summed E-state index contributed by atoms with van der Waals surface area (Å²) in [5.74, 6) is -3.04. The van der Waals surface area contributed by atoms with E-state index in [0.29, 0.717) is 11.3 Å². The molecule has 0 saturated carbocycles. The van der Waals surface area contributed by atoms with Crippen molar-refractivity contribution >= 4 is 5.91 Å². The fourth-order valence-electron chi connectivity index (χ4n) is 3.17. The van der Waals surface area contributed by atoms with Crippen molar-refractivity contribution < 1.29 is 22.7 Å². The minimum Gasteiger partial charge on any atom is -0.484 e. The van der Waals surface area contributed by atoms with Gasteiger partial charge in [-0.2, -0.15) is 5.10 Å². The highest BCUT2D eigenvalue weighted by molar-refractivity contribution is 5.95. The van der Waals surface area contributed by atoms with E-state index in [0.717, 1.165) is 22.4 Å². The fourth-order valence-corrected chi connectivity index (χ4v) is 3.17. The zero-order chi connectivity index (χ0) is 22.0. The van der Waals surface area contributed by atoms with Crippen molar-refractivity contribution in [1.82, 2.24) is 9.78 Å². The number of carbonyl (C=O) groups is 1. The molecule has 1 atom stereocenters. The summed E-state index contributed by atoms with van der Waals surface area (Å²) in [4.78, 5) is 12.4. The number of aromatic nitrogens is 2. The third-order valence-electron chi connectivity index (χ3n) is 4.75. The van der Waals surface area contributed by atoms with Crippen LogP contribution in [0.3, 0.4) is 0 Å². The Kier molecular flexibility index (Phi) is 5.58. The van der Waals surface area contributed by atoms with Gasteiger partial charge in [0, 0.05) is 17.8 Å². The van der Waals surface area contributed by atoms with E-state index in [9.17, 15) is 18.0 Å². The summed E-state index contributed by atoms with van der Waals surface area (Å²) in [6.45, 7) is 1.67. The van der Waals surface area contributed by atoms with Crippen LogP contribution in [0.5, 0.6) is 5.75 Å². The quantitative estimate of drug-likeness (QED) is 0.409. The van der Waals surface area contributed by atoms with Gasteiger partial charge < -0.3 is 4.74 Å². The number of hydrogen-bond donors (Lipinski definition) is 0. The Morgan fingerprint density at radius 3 is 2.29 bits per heavy atom. The molecule has 31 heavy (non-hydrogen) atoms. The van der Waals surface area contributed by atoms with Crippen molar-refractivity contribution in [3.63, 3.8) is 0 Å². The van der Waals surface area contributed by atoms with Crippen LogP contribution in [0.4, 0.5) is 13.2 Å². The molecule has 4 nitrogen and oxygen atoms in total. The maximum atomic E-state index is 14.5. The monoisotopic (exact) mass is 422 g/mol. The minimum absolute atomic E-state index is 0.283. The van der Waals surface area contributed by atoms with Crippen molar-refractivity contribution in [3.05, 3.63) is 108 Å². The Balaban J connectivity index is 1.51. The van der Waals surface area contributed by atoms with Gasteiger partial charge in [0.1, 0.15) is 40.6 Å². The lowest BCUT2D eigenvalue weighted by Crippen LogP contribution is -2.17. The molecular weight excluding hydrogens is 405 g/mol. The van der Waals surface area contributed by atoms with E-state index in [-0.39, 0.29) is 5.75 Å². The van der Waals surface area contributed by atoms with E-state index in [1.165, 1.54) is 24.4 Å². The normalized spacial score (nSPS) is 11.9. The van der Waals surface area contributed by atoms with Gasteiger partial charge in [-0.25, -0.2) is 17.9 Å². The summed E-state index contributed by atoms with van der Waals surface area (Å²) in [5, 5.41) is 4.07. The van der Waals surface area contributed by atoms with Gasteiger partial charge >= 0.3 is 0 Å². The number of benzene rings is 3. The van der Waals surface area contributed by atoms with Gasteiger partial charge in [-0.15, -0.1) is 0 Å². The Morgan fingerprint density at radius 2 is 1.61 bits per heavy atom. The number of halogens is 3. The summed E-state index contributed by atoms with van der Waals surface area (Å²) < 4.78 is 48.9. The van der Waals surface area contributed by atoms with Crippen molar-refractivity contribution in [2.75, 3.05) is 0 Å². The van der Waals surface area contributed by atoms with Gasteiger partial charge in [0.05, 0.1) is 0 Å². The van der Waals surface area contributed by atoms with Gasteiger partial charge in [-0.1, -0.05) is 36.4 Å². The molecule has 0 spiro atoms.